The molecule has 0 radical (unpaired) electrons. The third-order valence-electron chi connectivity index (χ3n) is 2.47. The van der Waals surface area contributed by atoms with E-state index >= 15 is 0 Å². The number of hydrogen-bond acceptors (Lipinski definition) is 3. The number of nitrogens with zero attached hydrogens (tertiary/aromatic N) is 2. The molecule has 0 saturated heterocycles. The summed E-state index contributed by atoms with van der Waals surface area (Å²) in [5.74, 6) is -0.879. The summed E-state index contributed by atoms with van der Waals surface area (Å²) in [4.78, 5) is 14.7. The van der Waals surface area contributed by atoms with Crippen molar-refractivity contribution in [3.8, 4) is 0 Å². The average molecular weight is 248 g/mol. The molecule has 98 valence electrons. The number of benzene rings is 1. The monoisotopic (exact) mass is 248 g/mol. The summed E-state index contributed by atoms with van der Waals surface area (Å²) >= 11 is 0. The van der Waals surface area contributed by atoms with Crippen LogP contribution in [0.4, 0.5) is 0 Å². The Balaban J connectivity index is 0.000000180. The van der Waals surface area contributed by atoms with E-state index in [4.69, 9.17) is 5.11 Å². The third kappa shape index (κ3) is 4.91. The van der Waals surface area contributed by atoms with Crippen LogP contribution < -0.4 is 0 Å². The fraction of sp³-hybridized carbons (Fsp3) is 0.357. The molecule has 0 saturated carbocycles. The fourth-order valence-corrected chi connectivity index (χ4v) is 1.60. The first kappa shape index (κ1) is 14.1. The molecule has 0 fully saturated rings. The molecule has 2 rings (SSSR count). The molecule has 0 aliphatic carbocycles. The molecule has 1 aliphatic heterocycles. The number of hydrogen-bond donors (Lipinski definition) is 1. The van der Waals surface area contributed by atoms with Crippen molar-refractivity contribution in [1.82, 2.24) is 9.80 Å². The van der Waals surface area contributed by atoms with E-state index in [-0.39, 0.29) is 0 Å². The summed E-state index contributed by atoms with van der Waals surface area (Å²) in [6, 6.07) is 8.30. The van der Waals surface area contributed by atoms with E-state index in [1.54, 1.807) is 30.3 Å². The van der Waals surface area contributed by atoms with Crippen molar-refractivity contribution in [1.29, 1.82) is 0 Å². The quantitative estimate of drug-likeness (QED) is 0.892. The molecule has 0 spiro atoms. The molecule has 1 heterocycles. The van der Waals surface area contributed by atoms with E-state index in [1.165, 1.54) is 13.0 Å². The Morgan fingerprint density at radius 2 is 1.94 bits per heavy atom. The first-order valence-electron chi connectivity index (χ1n) is 6.04. The Labute approximate surface area is 108 Å². The van der Waals surface area contributed by atoms with Crippen LogP contribution in [0.2, 0.25) is 0 Å². The highest BCUT2D eigenvalue weighted by Gasteiger charge is 2.04. The minimum absolute atomic E-state index is 0.331. The van der Waals surface area contributed by atoms with E-state index in [0.717, 1.165) is 6.67 Å². The Bertz CT molecular complexity index is 390. The molecular formula is C14H20N2O2. The maximum absolute atomic E-state index is 10.2. The van der Waals surface area contributed by atoms with Gasteiger partial charge in [-0.1, -0.05) is 25.1 Å². The van der Waals surface area contributed by atoms with Crippen LogP contribution in [0.3, 0.4) is 0 Å². The van der Waals surface area contributed by atoms with Crippen molar-refractivity contribution in [3.05, 3.63) is 48.3 Å². The van der Waals surface area contributed by atoms with E-state index < -0.39 is 5.97 Å². The Morgan fingerprint density at radius 3 is 2.33 bits per heavy atom. The molecule has 1 aromatic carbocycles. The normalized spacial score (nSPS) is 13.2. The van der Waals surface area contributed by atoms with Crippen LogP contribution in [-0.4, -0.2) is 41.1 Å². The lowest BCUT2D eigenvalue weighted by Crippen LogP contribution is -2.22. The number of carbonyl (C=O) groups is 1. The second-order valence-corrected chi connectivity index (χ2v) is 4.18. The average Bonchev–Trinajstić information content (AvgIpc) is 2.77. The van der Waals surface area contributed by atoms with Gasteiger partial charge in [0.05, 0.1) is 12.2 Å². The van der Waals surface area contributed by atoms with Crippen LogP contribution in [0.25, 0.3) is 0 Å². The number of rotatable bonds is 3. The molecule has 0 atom stereocenters. The van der Waals surface area contributed by atoms with Gasteiger partial charge in [0.2, 0.25) is 0 Å². The lowest BCUT2D eigenvalue weighted by molar-refractivity contribution is 0.0697. The van der Waals surface area contributed by atoms with Gasteiger partial charge < -0.3 is 14.9 Å². The van der Waals surface area contributed by atoms with Gasteiger partial charge >= 0.3 is 5.97 Å². The SMILES string of the molecule is CCCN1C=CN(C)C1.O=C(O)c1ccccc1. The van der Waals surface area contributed by atoms with E-state index in [1.807, 2.05) is 0 Å². The topological polar surface area (TPSA) is 43.8 Å². The van der Waals surface area contributed by atoms with Crippen LogP contribution in [0, 0.1) is 0 Å². The van der Waals surface area contributed by atoms with Crippen LogP contribution in [0.15, 0.2) is 42.7 Å². The van der Waals surface area contributed by atoms with Crippen LogP contribution in [0.5, 0.6) is 0 Å². The minimum Gasteiger partial charge on any atom is -0.478 e. The molecule has 18 heavy (non-hydrogen) atoms. The molecule has 0 bridgehead atoms. The summed E-state index contributed by atoms with van der Waals surface area (Å²) < 4.78 is 0. The van der Waals surface area contributed by atoms with E-state index in [2.05, 4.69) is 36.2 Å². The standard InChI is InChI=1S/C7H14N2.C7H6O2/c1-3-4-9-6-5-8(2)7-9;8-7(9)6-4-2-1-3-5-6/h5-6H,3-4,7H2,1-2H3;1-5H,(H,8,9). The van der Waals surface area contributed by atoms with E-state index in [9.17, 15) is 4.79 Å². The number of carboxylic acid groups (broad SMARTS) is 1. The van der Waals surface area contributed by atoms with Crippen molar-refractivity contribution in [2.24, 2.45) is 0 Å². The predicted octanol–water partition coefficient (Wildman–Crippen LogP) is 2.46. The molecule has 0 aromatic heterocycles. The summed E-state index contributed by atoms with van der Waals surface area (Å²) in [6.07, 6.45) is 5.48. The molecular weight excluding hydrogens is 228 g/mol. The largest absolute Gasteiger partial charge is 0.478 e. The molecule has 1 aromatic rings. The van der Waals surface area contributed by atoms with Crippen molar-refractivity contribution < 1.29 is 9.90 Å². The summed E-state index contributed by atoms with van der Waals surface area (Å²) in [6.45, 7) is 4.45. The Kier molecular flexibility index (Phi) is 5.77. The van der Waals surface area contributed by atoms with Gasteiger partial charge in [-0.3, -0.25) is 0 Å². The van der Waals surface area contributed by atoms with Crippen LogP contribution in [0.1, 0.15) is 23.7 Å². The smallest absolute Gasteiger partial charge is 0.335 e. The molecule has 1 aliphatic rings. The lowest BCUT2D eigenvalue weighted by atomic mass is 10.2. The first-order valence-corrected chi connectivity index (χ1v) is 6.04. The maximum Gasteiger partial charge on any atom is 0.335 e. The zero-order valence-corrected chi connectivity index (χ0v) is 10.9. The highest BCUT2D eigenvalue weighted by Crippen LogP contribution is 2.02. The second kappa shape index (κ2) is 7.37. The minimum atomic E-state index is -0.879. The van der Waals surface area contributed by atoms with Crippen molar-refractivity contribution in [3.63, 3.8) is 0 Å². The highest BCUT2D eigenvalue weighted by molar-refractivity contribution is 5.87. The van der Waals surface area contributed by atoms with Gasteiger partial charge in [-0.15, -0.1) is 0 Å². The van der Waals surface area contributed by atoms with Crippen LogP contribution in [-0.2, 0) is 0 Å². The zero-order valence-electron chi connectivity index (χ0n) is 10.9. The predicted molar refractivity (Wildman–Crippen MR) is 72.2 cm³/mol. The van der Waals surface area contributed by atoms with Crippen molar-refractivity contribution >= 4 is 5.97 Å². The van der Waals surface area contributed by atoms with Gasteiger partial charge in [0.1, 0.15) is 0 Å². The van der Waals surface area contributed by atoms with Gasteiger partial charge in [0.15, 0.2) is 0 Å². The van der Waals surface area contributed by atoms with Crippen molar-refractivity contribution in [2.45, 2.75) is 13.3 Å². The zero-order chi connectivity index (χ0) is 13.4. The van der Waals surface area contributed by atoms with Gasteiger partial charge in [-0.25, -0.2) is 4.79 Å². The fourth-order valence-electron chi connectivity index (χ4n) is 1.60. The molecule has 4 heteroatoms. The Morgan fingerprint density at radius 1 is 1.28 bits per heavy atom. The third-order valence-corrected chi connectivity index (χ3v) is 2.47. The molecule has 1 N–H and O–H groups in total. The molecule has 0 amide bonds. The molecule has 4 nitrogen and oxygen atoms in total. The summed E-state index contributed by atoms with van der Waals surface area (Å²) in [5, 5.41) is 8.38. The lowest BCUT2D eigenvalue weighted by Gasteiger charge is -2.16. The van der Waals surface area contributed by atoms with Crippen molar-refractivity contribution in [2.75, 3.05) is 20.3 Å². The summed E-state index contributed by atoms with van der Waals surface area (Å²) in [5.41, 5.74) is 0.331. The van der Waals surface area contributed by atoms with Crippen LogP contribution >= 0.6 is 0 Å². The maximum atomic E-state index is 10.2. The van der Waals surface area contributed by atoms with Gasteiger partial charge in [-0.05, 0) is 18.6 Å². The van der Waals surface area contributed by atoms with E-state index in [0.29, 0.717) is 5.56 Å². The van der Waals surface area contributed by atoms with Gasteiger partial charge in [0.25, 0.3) is 0 Å². The van der Waals surface area contributed by atoms with Gasteiger partial charge in [0, 0.05) is 26.0 Å². The first-order chi connectivity index (χ1) is 8.63. The van der Waals surface area contributed by atoms with Gasteiger partial charge in [-0.2, -0.15) is 0 Å². The highest BCUT2D eigenvalue weighted by atomic mass is 16.4. The Hall–Kier alpha value is -1.97. The number of carboxylic acids is 1. The summed E-state index contributed by atoms with van der Waals surface area (Å²) in [7, 11) is 2.09. The molecule has 0 unspecified atom stereocenters. The number of aromatic carboxylic acids is 1. The second-order valence-electron chi connectivity index (χ2n) is 4.18.